The minimum Gasteiger partial charge on any atom is -0.467 e. The zero-order valence-electron chi connectivity index (χ0n) is 10.9. The highest BCUT2D eigenvalue weighted by Gasteiger charge is 2.43. The number of para-hydroxylation sites is 1. The van der Waals surface area contributed by atoms with E-state index in [1.54, 1.807) is 24.3 Å². The van der Waals surface area contributed by atoms with E-state index in [4.69, 9.17) is 10.5 Å². The van der Waals surface area contributed by atoms with Gasteiger partial charge in [0.05, 0.1) is 12.7 Å². The number of nitrogens with one attached hydrogen (secondary N) is 1. The van der Waals surface area contributed by atoms with Gasteiger partial charge in [-0.2, -0.15) is 0 Å². The summed E-state index contributed by atoms with van der Waals surface area (Å²) in [5.74, 6) is -0.710. The Labute approximate surface area is 112 Å². The summed E-state index contributed by atoms with van der Waals surface area (Å²) in [6, 6.07) is 6.81. The van der Waals surface area contributed by atoms with Crippen molar-refractivity contribution in [3.63, 3.8) is 0 Å². The average molecular weight is 262 g/mol. The summed E-state index contributed by atoms with van der Waals surface area (Å²) >= 11 is 0. The van der Waals surface area contributed by atoms with E-state index in [0.717, 1.165) is 12.8 Å². The molecule has 1 fully saturated rings. The first kappa shape index (κ1) is 13.4. The van der Waals surface area contributed by atoms with Crippen molar-refractivity contribution in [2.75, 3.05) is 12.8 Å². The number of hydrogen-bond donors (Lipinski definition) is 2. The molecule has 0 radical (unpaired) electrons. The lowest BCUT2D eigenvalue weighted by atomic mass is 9.97. The molecule has 0 heterocycles. The fourth-order valence-corrected chi connectivity index (χ4v) is 2.54. The van der Waals surface area contributed by atoms with Crippen LogP contribution in [0, 0.1) is 0 Å². The van der Waals surface area contributed by atoms with Gasteiger partial charge in [0.2, 0.25) is 0 Å². The van der Waals surface area contributed by atoms with E-state index >= 15 is 0 Å². The summed E-state index contributed by atoms with van der Waals surface area (Å²) in [5, 5.41) is 2.81. The highest BCUT2D eigenvalue weighted by atomic mass is 16.5. The number of esters is 1. The Morgan fingerprint density at radius 3 is 2.47 bits per heavy atom. The summed E-state index contributed by atoms with van der Waals surface area (Å²) < 4.78 is 4.82. The van der Waals surface area contributed by atoms with E-state index in [-0.39, 0.29) is 11.9 Å². The van der Waals surface area contributed by atoms with Gasteiger partial charge in [-0.1, -0.05) is 25.0 Å². The van der Waals surface area contributed by atoms with Crippen LogP contribution in [0.4, 0.5) is 5.69 Å². The molecule has 0 unspecified atom stereocenters. The standard InChI is InChI=1S/C14H18N2O3/c1-19-13(18)14(8-4-5-9-14)16-12(17)10-6-2-3-7-11(10)15/h2-3,6-7H,4-5,8-9,15H2,1H3,(H,16,17). The second-order valence-electron chi connectivity index (χ2n) is 4.82. The molecule has 1 aromatic rings. The van der Waals surface area contributed by atoms with Crippen molar-refractivity contribution in [1.29, 1.82) is 0 Å². The van der Waals surface area contributed by atoms with Crippen LogP contribution in [0.2, 0.25) is 0 Å². The maximum Gasteiger partial charge on any atom is 0.331 e. The van der Waals surface area contributed by atoms with Crippen molar-refractivity contribution in [1.82, 2.24) is 5.32 Å². The zero-order valence-corrected chi connectivity index (χ0v) is 10.9. The van der Waals surface area contributed by atoms with Gasteiger partial charge >= 0.3 is 5.97 Å². The molecule has 2 rings (SSSR count). The molecule has 1 saturated carbocycles. The van der Waals surface area contributed by atoms with E-state index in [1.807, 2.05) is 0 Å². The maximum atomic E-state index is 12.2. The van der Waals surface area contributed by atoms with Crippen molar-refractivity contribution in [2.24, 2.45) is 0 Å². The van der Waals surface area contributed by atoms with Crippen molar-refractivity contribution < 1.29 is 14.3 Å². The largest absolute Gasteiger partial charge is 0.467 e. The maximum absolute atomic E-state index is 12.2. The van der Waals surface area contributed by atoms with Crippen LogP contribution in [0.1, 0.15) is 36.0 Å². The number of carbonyl (C=O) groups is 2. The average Bonchev–Trinajstić information content (AvgIpc) is 2.88. The number of ether oxygens (including phenoxy) is 1. The van der Waals surface area contributed by atoms with Crippen LogP contribution in [0.15, 0.2) is 24.3 Å². The quantitative estimate of drug-likeness (QED) is 0.638. The molecule has 19 heavy (non-hydrogen) atoms. The van der Waals surface area contributed by atoms with Gasteiger partial charge in [-0.3, -0.25) is 4.79 Å². The van der Waals surface area contributed by atoms with Gasteiger partial charge in [0, 0.05) is 5.69 Å². The second kappa shape index (κ2) is 5.30. The van der Waals surface area contributed by atoms with Gasteiger partial charge in [-0.25, -0.2) is 4.79 Å². The predicted molar refractivity (Wildman–Crippen MR) is 71.5 cm³/mol. The molecule has 0 bridgehead atoms. The first-order chi connectivity index (χ1) is 9.09. The van der Waals surface area contributed by atoms with Crippen molar-refractivity contribution in [3.05, 3.63) is 29.8 Å². The van der Waals surface area contributed by atoms with Crippen LogP contribution in [0.25, 0.3) is 0 Å². The van der Waals surface area contributed by atoms with E-state index in [9.17, 15) is 9.59 Å². The Kier molecular flexibility index (Phi) is 3.74. The fourth-order valence-electron chi connectivity index (χ4n) is 2.54. The molecule has 0 aromatic heterocycles. The summed E-state index contributed by atoms with van der Waals surface area (Å²) in [6.07, 6.45) is 3.02. The monoisotopic (exact) mass is 262 g/mol. The predicted octanol–water partition coefficient (Wildman–Crippen LogP) is 1.48. The van der Waals surface area contributed by atoms with Gasteiger partial charge in [0.15, 0.2) is 0 Å². The van der Waals surface area contributed by atoms with Gasteiger partial charge in [-0.15, -0.1) is 0 Å². The molecular weight excluding hydrogens is 244 g/mol. The van der Waals surface area contributed by atoms with Gasteiger partial charge in [-0.05, 0) is 25.0 Å². The summed E-state index contributed by atoms with van der Waals surface area (Å²) in [5.41, 5.74) is 5.66. The Balaban J connectivity index is 2.21. The van der Waals surface area contributed by atoms with Crippen molar-refractivity contribution >= 4 is 17.6 Å². The van der Waals surface area contributed by atoms with Crippen LogP contribution in [-0.2, 0) is 9.53 Å². The van der Waals surface area contributed by atoms with E-state index < -0.39 is 5.54 Å². The third-order valence-electron chi connectivity index (χ3n) is 3.59. The lowest BCUT2D eigenvalue weighted by molar-refractivity contribution is -0.148. The van der Waals surface area contributed by atoms with Crippen LogP contribution in [0.3, 0.4) is 0 Å². The van der Waals surface area contributed by atoms with E-state index in [1.165, 1.54) is 7.11 Å². The number of nitrogens with two attached hydrogens (primary N) is 1. The van der Waals surface area contributed by atoms with Crippen molar-refractivity contribution in [2.45, 2.75) is 31.2 Å². The molecule has 1 amide bonds. The van der Waals surface area contributed by atoms with Gasteiger partial charge < -0.3 is 15.8 Å². The molecule has 0 spiro atoms. The third-order valence-corrected chi connectivity index (χ3v) is 3.59. The Morgan fingerprint density at radius 1 is 1.26 bits per heavy atom. The van der Waals surface area contributed by atoms with Gasteiger partial charge in [0.25, 0.3) is 5.91 Å². The molecule has 5 heteroatoms. The summed E-state index contributed by atoms with van der Waals surface area (Å²) in [6.45, 7) is 0. The van der Waals surface area contributed by atoms with Crippen LogP contribution < -0.4 is 11.1 Å². The molecule has 1 aliphatic rings. The first-order valence-electron chi connectivity index (χ1n) is 6.34. The molecule has 0 saturated heterocycles. The van der Waals surface area contributed by atoms with E-state index in [0.29, 0.717) is 24.1 Å². The normalized spacial score (nSPS) is 16.9. The van der Waals surface area contributed by atoms with Gasteiger partial charge in [0.1, 0.15) is 5.54 Å². The summed E-state index contributed by atoms with van der Waals surface area (Å²) in [4.78, 5) is 24.2. The number of nitrogen functional groups attached to an aromatic ring is 1. The fraction of sp³-hybridized carbons (Fsp3) is 0.429. The number of anilines is 1. The molecule has 0 atom stereocenters. The lowest BCUT2D eigenvalue weighted by Crippen LogP contribution is -2.53. The molecule has 5 nitrogen and oxygen atoms in total. The number of amides is 1. The number of carbonyl (C=O) groups excluding carboxylic acids is 2. The zero-order chi connectivity index (χ0) is 13.9. The minimum atomic E-state index is -0.895. The highest BCUT2D eigenvalue weighted by molar-refractivity contribution is 6.01. The molecular formula is C14H18N2O3. The topological polar surface area (TPSA) is 81.4 Å². The van der Waals surface area contributed by atoms with Crippen LogP contribution >= 0.6 is 0 Å². The number of benzene rings is 1. The third kappa shape index (κ3) is 2.54. The molecule has 102 valence electrons. The second-order valence-corrected chi connectivity index (χ2v) is 4.82. The number of methoxy groups -OCH3 is 1. The molecule has 0 aliphatic heterocycles. The molecule has 1 aliphatic carbocycles. The number of rotatable bonds is 3. The SMILES string of the molecule is COC(=O)C1(NC(=O)c2ccccc2N)CCCC1. The minimum absolute atomic E-state index is 0.328. The smallest absolute Gasteiger partial charge is 0.331 e. The molecule has 1 aromatic carbocycles. The lowest BCUT2D eigenvalue weighted by Gasteiger charge is -2.27. The first-order valence-corrected chi connectivity index (χ1v) is 6.34. The highest BCUT2D eigenvalue weighted by Crippen LogP contribution is 2.31. The van der Waals surface area contributed by atoms with E-state index in [2.05, 4.69) is 5.32 Å². The molecule has 3 N–H and O–H groups in total. The Hall–Kier alpha value is -2.04. The van der Waals surface area contributed by atoms with Crippen LogP contribution in [-0.4, -0.2) is 24.5 Å². The Bertz CT molecular complexity index is 493. The van der Waals surface area contributed by atoms with Crippen LogP contribution in [0.5, 0.6) is 0 Å². The number of hydrogen-bond acceptors (Lipinski definition) is 4. The Morgan fingerprint density at radius 2 is 1.89 bits per heavy atom. The summed E-state index contributed by atoms with van der Waals surface area (Å²) in [7, 11) is 1.34. The van der Waals surface area contributed by atoms with Crippen molar-refractivity contribution in [3.8, 4) is 0 Å².